The molecule has 18 heavy (non-hydrogen) atoms. The molecule has 6 nitrogen and oxygen atoms in total. The summed E-state index contributed by atoms with van der Waals surface area (Å²) in [4.78, 5) is 2.26. The van der Waals surface area contributed by atoms with E-state index < -0.39 is 0 Å². The zero-order chi connectivity index (χ0) is 13.2. The Morgan fingerprint density at radius 2 is 2.22 bits per heavy atom. The molecule has 1 aliphatic rings. The summed E-state index contributed by atoms with van der Waals surface area (Å²) in [6, 6.07) is 0. The maximum Gasteiger partial charge on any atom is 0.230 e. The SMILES string of the molecule is COCC1CN(Cc2nnc(C)o2)CC(C)(C)O1. The summed E-state index contributed by atoms with van der Waals surface area (Å²) in [5, 5.41) is 7.87. The molecule has 102 valence electrons. The number of morpholine rings is 1. The second kappa shape index (κ2) is 5.34. The van der Waals surface area contributed by atoms with Crippen LogP contribution in [-0.2, 0) is 16.0 Å². The van der Waals surface area contributed by atoms with Crippen LogP contribution in [0.15, 0.2) is 4.42 Å². The fourth-order valence-electron chi connectivity index (χ4n) is 2.40. The average Bonchev–Trinajstić information content (AvgIpc) is 2.61. The van der Waals surface area contributed by atoms with Gasteiger partial charge in [0.05, 0.1) is 24.9 Å². The van der Waals surface area contributed by atoms with Crippen molar-refractivity contribution < 1.29 is 13.9 Å². The minimum atomic E-state index is -0.184. The monoisotopic (exact) mass is 255 g/mol. The molecule has 1 fully saturated rings. The smallest absolute Gasteiger partial charge is 0.230 e. The molecule has 1 atom stereocenters. The zero-order valence-corrected chi connectivity index (χ0v) is 11.5. The van der Waals surface area contributed by atoms with Crippen molar-refractivity contribution in [3.8, 4) is 0 Å². The van der Waals surface area contributed by atoms with E-state index in [1.807, 2.05) is 0 Å². The first-order chi connectivity index (χ1) is 8.48. The molecule has 0 saturated carbocycles. The summed E-state index contributed by atoms with van der Waals surface area (Å²) in [6.07, 6.45) is 0.0859. The molecule has 0 aliphatic carbocycles. The molecule has 6 heteroatoms. The summed E-state index contributed by atoms with van der Waals surface area (Å²) < 4.78 is 16.5. The highest BCUT2D eigenvalue weighted by atomic mass is 16.5. The Hall–Kier alpha value is -0.980. The lowest BCUT2D eigenvalue weighted by molar-refractivity contribution is -0.155. The summed E-state index contributed by atoms with van der Waals surface area (Å²) in [7, 11) is 1.69. The number of rotatable bonds is 4. The summed E-state index contributed by atoms with van der Waals surface area (Å²) in [5.41, 5.74) is -0.184. The van der Waals surface area contributed by atoms with Crippen LogP contribution in [0.5, 0.6) is 0 Å². The van der Waals surface area contributed by atoms with Crippen molar-refractivity contribution in [3.63, 3.8) is 0 Å². The number of hydrogen-bond acceptors (Lipinski definition) is 6. The first kappa shape index (κ1) is 13.5. The molecule has 1 aliphatic heterocycles. The van der Waals surface area contributed by atoms with Gasteiger partial charge in [-0.3, -0.25) is 4.90 Å². The van der Waals surface area contributed by atoms with Crippen molar-refractivity contribution in [2.45, 2.75) is 39.0 Å². The quantitative estimate of drug-likeness (QED) is 0.800. The summed E-state index contributed by atoms with van der Waals surface area (Å²) in [5.74, 6) is 1.26. The van der Waals surface area contributed by atoms with Crippen molar-refractivity contribution in [1.82, 2.24) is 15.1 Å². The number of aryl methyl sites for hydroxylation is 1. The maximum absolute atomic E-state index is 5.95. The fourth-order valence-corrected chi connectivity index (χ4v) is 2.40. The second-order valence-electron chi connectivity index (χ2n) is 5.34. The minimum Gasteiger partial charge on any atom is -0.424 e. The van der Waals surface area contributed by atoms with Crippen LogP contribution in [0.2, 0.25) is 0 Å². The van der Waals surface area contributed by atoms with Gasteiger partial charge < -0.3 is 13.9 Å². The number of aromatic nitrogens is 2. The molecule has 1 aromatic heterocycles. The molecule has 0 amide bonds. The Kier molecular flexibility index (Phi) is 3.99. The molecule has 0 bridgehead atoms. The van der Waals surface area contributed by atoms with Crippen molar-refractivity contribution >= 4 is 0 Å². The molecule has 1 unspecified atom stereocenters. The molecule has 2 heterocycles. The van der Waals surface area contributed by atoms with Crippen LogP contribution in [0.1, 0.15) is 25.6 Å². The third-order valence-electron chi connectivity index (χ3n) is 2.83. The number of methoxy groups -OCH3 is 1. The van der Waals surface area contributed by atoms with Gasteiger partial charge in [-0.05, 0) is 13.8 Å². The highest BCUT2D eigenvalue weighted by molar-refractivity contribution is 4.87. The average molecular weight is 255 g/mol. The molecule has 0 N–H and O–H groups in total. The van der Waals surface area contributed by atoms with Gasteiger partial charge in [0, 0.05) is 27.1 Å². The zero-order valence-electron chi connectivity index (χ0n) is 11.5. The van der Waals surface area contributed by atoms with Crippen molar-refractivity contribution in [2.24, 2.45) is 0 Å². The Morgan fingerprint density at radius 1 is 1.44 bits per heavy atom. The van der Waals surface area contributed by atoms with Gasteiger partial charge in [-0.1, -0.05) is 0 Å². The van der Waals surface area contributed by atoms with E-state index in [1.54, 1.807) is 14.0 Å². The van der Waals surface area contributed by atoms with Gasteiger partial charge in [0.15, 0.2) is 0 Å². The minimum absolute atomic E-state index is 0.0859. The Bertz CT molecular complexity index is 392. The van der Waals surface area contributed by atoms with Crippen LogP contribution in [0.25, 0.3) is 0 Å². The molecule has 0 radical (unpaired) electrons. The third-order valence-corrected chi connectivity index (χ3v) is 2.83. The van der Waals surface area contributed by atoms with E-state index in [9.17, 15) is 0 Å². The van der Waals surface area contributed by atoms with Gasteiger partial charge in [-0.2, -0.15) is 0 Å². The first-order valence-electron chi connectivity index (χ1n) is 6.16. The molecule has 0 aromatic carbocycles. The normalized spacial score (nSPS) is 24.3. The largest absolute Gasteiger partial charge is 0.424 e. The first-order valence-corrected chi connectivity index (χ1v) is 6.16. The number of nitrogens with zero attached hydrogens (tertiary/aromatic N) is 3. The van der Waals surface area contributed by atoms with E-state index in [0.717, 1.165) is 13.1 Å². The number of hydrogen-bond donors (Lipinski definition) is 0. The maximum atomic E-state index is 5.95. The van der Waals surface area contributed by atoms with Crippen LogP contribution in [0.3, 0.4) is 0 Å². The van der Waals surface area contributed by atoms with Crippen LogP contribution in [0, 0.1) is 6.92 Å². The van der Waals surface area contributed by atoms with Crippen LogP contribution < -0.4 is 0 Å². The van der Waals surface area contributed by atoms with Crippen molar-refractivity contribution in [1.29, 1.82) is 0 Å². The molecular weight excluding hydrogens is 234 g/mol. The third kappa shape index (κ3) is 3.51. The van der Waals surface area contributed by atoms with E-state index in [0.29, 0.717) is 24.9 Å². The Balaban J connectivity index is 1.98. The van der Waals surface area contributed by atoms with Crippen LogP contribution in [-0.4, -0.2) is 53.6 Å². The topological polar surface area (TPSA) is 60.6 Å². The standard InChI is InChI=1S/C12H21N3O3/c1-9-13-14-11(17-9)6-15-5-10(7-16-4)18-12(2,3)8-15/h10H,5-8H2,1-4H3. The molecule has 1 saturated heterocycles. The van der Waals surface area contributed by atoms with Crippen molar-refractivity contribution in [2.75, 3.05) is 26.8 Å². The highest BCUT2D eigenvalue weighted by Gasteiger charge is 2.33. The summed E-state index contributed by atoms with van der Waals surface area (Å²) in [6.45, 7) is 8.89. The van der Waals surface area contributed by atoms with Gasteiger partial charge in [-0.15, -0.1) is 10.2 Å². The van der Waals surface area contributed by atoms with Crippen molar-refractivity contribution in [3.05, 3.63) is 11.8 Å². The van der Waals surface area contributed by atoms with Gasteiger partial charge in [0.25, 0.3) is 0 Å². The highest BCUT2D eigenvalue weighted by Crippen LogP contribution is 2.22. The lowest BCUT2D eigenvalue weighted by atomic mass is 10.1. The Labute approximate surface area is 107 Å². The van der Waals surface area contributed by atoms with Gasteiger partial charge >= 0.3 is 0 Å². The fraction of sp³-hybridized carbons (Fsp3) is 0.833. The number of ether oxygens (including phenoxy) is 2. The van der Waals surface area contributed by atoms with Gasteiger partial charge in [0.2, 0.25) is 11.8 Å². The summed E-state index contributed by atoms with van der Waals surface area (Å²) >= 11 is 0. The predicted molar refractivity (Wildman–Crippen MR) is 65.1 cm³/mol. The molecule has 1 aromatic rings. The van der Waals surface area contributed by atoms with E-state index in [1.165, 1.54) is 0 Å². The van der Waals surface area contributed by atoms with Crippen LogP contribution in [0.4, 0.5) is 0 Å². The van der Waals surface area contributed by atoms with E-state index in [4.69, 9.17) is 13.9 Å². The van der Waals surface area contributed by atoms with Gasteiger partial charge in [-0.25, -0.2) is 0 Å². The molecule has 0 spiro atoms. The lowest BCUT2D eigenvalue weighted by Gasteiger charge is -2.42. The van der Waals surface area contributed by atoms with E-state index >= 15 is 0 Å². The molecule has 2 rings (SSSR count). The predicted octanol–water partition coefficient (Wildman–Crippen LogP) is 1.00. The molecular formula is C12H21N3O3. The second-order valence-corrected chi connectivity index (χ2v) is 5.34. The van der Waals surface area contributed by atoms with E-state index in [-0.39, 0.29) is 11.7 Å². The van der Waals surface area contributed by atoms with E-state index in [2.05, 4.69) is 28.9 Å². The van der Waals surface area contributed by atoms with Gasteiger partial charge in [0.1, 0.15) is 0 Å². The lowest BCUT2D eigenvalue weighted by Crippen LogP contribution is -2.53. The van der Waals surface area contributed by atoms with Crippen LogP contribution >= 0.6 is 0 Å². The Morgan fingerprint density at radius 3 is 2.83 bits per heavy atom.